The van der Waals surface area contributed by atoms with Crippen LogP contribution in [0.15, 0.2) is 30.3 Å². The Morgan fingerprint density at radius 1 is 1.26 bits per heavy atom. The second kappa shape index (κ2) is 8.72. The van der Waals surface area contributed by atoms with Gasteiger partial charge in [-0.2, -0.15) is 0 Å². The molecule has 0 bridgehead atoms. The fraction of sp³-hybridized carbons (Fsp3) is 0.625. The zero-order valence-electron chi connectivity index (χ0n) is 14.3. The average molecular weight is 423 g/mol. The van der Waals surface area contributed by atoms with Crippen LogP contribution >= 0.6 is 0 Å². The lowest BCUT2D eigenvalue weighted by molar-refractivity contribution is -0.245. The number of hydrogen-bond acceptors (Lipinski definition) is 8. The first kappa shape index (κ1) is 21.0. The monoisotopic (exact) mass is 423 g/mol. The van der Waals surface area contributed by atoms with Crippen molar-refractivity contribution in [3.63, 3.8) is 0 Å². The maximum absolute atomic E-state index is 11.0. The van der Waals surface area contributed by atoms with Crippen LogP contribution in [-0.2, 0) is 35.0 Å². The van der Waals surface area contributed by atoms with Crippen LogP contribution < -0.4 is 0 Å². The van der Waals surface area contributed by atoms with Gasteiger partial charge in [-0.25, -0.2) is 8.42 Å². The Bertz CT molecular complexity index is 702. The predicted molar refractivity (Wildman–Crippen MR) is 96.0 cm³/mol. The van der Waals surface area contributed by atoms with Crippen molar-refractivity contribution in [3.05, 3.63) is 35.9 Å². The Labute approximate surface area is 160 Å². The molecule has 2 saturated heterocycles. The van der Waals surface area contributed by atoms with Gasteiger partial charge in [0, 0.05) is 16.5 Å². The quantitative estimate of drug-likeness (QED) is 0.327. The van der Waals surface area contributed by atoms with E-state index in [1.807, 2.05) is 18.2 Å². The smallest absolute Gasteiger partial charge is 0.228 e. The normalized spacial score (nSPS) is 37.9. The van der Waals surface area contributed by atoms with E-state index in [4.69, 9.17) is 14.6 Å². The summed E-state index contributed by atoms with van der Waals surface area (Å²) >= 11 is 0. The number of rotatable bonds is 5. The van der Waals surface area contributed by atoms with Gasteiger partial charge in [0.1, 0.15) is 29.8 Å². The van der Waals surface area contributed by atoms with E-state index in [1.165, 1.54) is 0 Å². The molecule has 1 aromatic carbocycles. The summed E-state index contributed by atoms with van der Waals surface area (Å²) in [5.74, 6) is 0.932. The maximum Gasteiger partial charge on any atom is 0.228 e. The van der Waals surface area contributed by atoms with Gasteiger partial charge in [-0.1, -0.05) is 30.3 Å². The molecule has 27 heavy (non-hydrogen) atoms. The number of aliphatic hydroxyl groups excluding tert-OH is 2. The zero-order chi connectivity index (χ0) is 19.6. The average Bonchev–Trinajstić information content (AvgIpc) is 2.60. The van der Waals surface area contributed by atoms with Crippen molar-refractivity contribution < 1.29 is 41.9 Å². The fourth-order valence-corrected chi connectivity index (χ4v) is 6.18. The summed E-state index contributed by atoms with van der Waals surface area (Å²) < 4.78 is 49.2. The molecule has 0 aliphatic carbocycles. The first-order valence-electron chi connectivity index (χ1n) is 8.40. The van der Waals surface area contributed by atoms with Crippen molar-refractivity contribution in [2.75, 3.05) is 23.9 Å². The SMILES string of the molecule is O=S(=O)([O-])O[C@@H]1COC(c2ccccc2)O[C@H]1C[S+]1C[C@@H]([OH2+])[C@H](O)[C@@H](O)C1. The second-order valence-corrected chi connectivity index (χ2v) is 9.80. The van der Waals surface area contributed by atoms with Crippen molar-refractivity contribution >= 4 is 21.3 Å². The molecule has 0 radical (unpaired) electrons. The highest BCUT2D eigenvalue weighted by molar-refractivity contribution is 7.97. The van der Waals surface area contributed by atoms with Crippen molar-refractivity contribution in [1.29, 1.82) is 0 Å². The molecule has 0 aromatic heterocycles. The van der Waals surface area contributed by atoms with E-state index in [0.29, 0.717) is 11.5 Å². The topological polar surface area (TPSA) is 148 Å². The summed E-state index contributed by atoms with van der Waals surface area (Å²) in [5.41, 5.74) is 0.742. The van der Waals surface area contributed by atoms with Gasteiger partial charge >= 0.3 is 0 Å². The first-order valence-corrected chi connectivity index (χ1v) is 11.5. The van der Waals surface area contributed by atoms with E-state index in [2.05, 4.69) is 4.18 Å². The van der Waals surface area contributed by atoms with E-state index in [1.54, 1.807) is 12.1 Å². The minimum absolute atomic E-state index is 0.140. The lowest BCUT2D eigenvalue weighted by Crippen LogP contribution is -2.54. The minimum atomic E-state index is -4.94. The lowest BCUT2D eigenvalue weighted by atomic mass is 10.1. The third-order valence-corrected chi connectivity index (χ3v) is 7.39. The van der Waals surface area contributed by atoms with E-state index >= 15 is 0 Å². The lowest BCUT2D eigenvalue weighted by Gasteiger charge is -2.36. The van der Waals surface area contributed by atoms with Gasteiger partial charge in [0.05, 0.1) is 6.61 Å². The van der Waals surface area contributed by atoms with E-state index < -0.39 is 58.1 Å². The van der Waals surface area contributed by atoms with E-state index in [-0.39, 0.29) is 12.4 Å². The van der Waals surface area contributed by atoms with Crippen LogP contribution in [0.4, 0.5) is 0 Å². The molecule has 7 atom stereocenters. The summed E-state index contributed by atoms with van der Waals surface area (Å²) in [6, 6.07) is 9.07. The second-order valence-electron chi connectivity index (χ2n) is 6.57. The third kappa shape index (κ3) is 5.62. The van der Waals surface area contributed by atoms with E-state index in [0.717, 1.165) is 5.56 Å². The van der Waals surface area contributed by atoms with Crippen LogP contribution in [0.2, 0.25) is 0 Å². The largest absolute Gasteiger partial charge is 0.726 e. The number of ether oxygens (including phenoxy) is 2. The molecule has 3 rings (SSSR count). The van der Waals surface area contributed by atoms with Gasteiger partial charge < -0.3 is 29.3 Å². The molecular formula is C16H23O9S2+. The molecule has 0 saturated carbocycles. The summed E-state index contributed by atoms with van der Waals surface area (Å²) in [4.78, 5) is 0. The fourth-order valence-electron chi connectivity index (χ4n) is 3.15. The van der Waals surface area contributed by atoms with Gasteiger partial charge in [-0.15, -0.1) is 0 Å². The Hall–Kier alpha value is -0.760. The molecule has 9 nitrogen and oxygen atoms in total. The molecule has 0 spiro atoms. The molecule has 2 aliphatic rings. The summed E-state index contributed by atoms with van der Waals surface area (Å²) in [5, 5.41) is 27.5. The molecule has 1 aromatic rings. The molecule has 2 unspecified atom stereocenters. The van der Waals surface area contributed by atoms with Crippen molar-refractivity contribution in [3.8, 4) is 0 Å². The number of benzene rings is 1. The Kier molecular flexibility index (Phi) is 6.77. The van der Waals surface area contributed by atoms with Crippen LogP contribution in [0.25, 0.3) is 0 Å². The molecule has 0 amide bonds. The van der Waals surface area contributed by atoms with Crippen LogP contribution in [0.5, 0.6) is 0 Å². The van der Waals surface area contributed by atoms with Crippen molar-refractivity contribution in [2.45, 2.75) is 36.8 Å². The first-order chi connectivity index (χ1) is 12.7. The molecular weight excluding hydrogens is 400 g/mol. The van der Waals surface area contributed by atoms with Crippen LogP contribution in [0, 0.1) is 0 Å². The molecule has 2 aliphatic heterocycles. The van der Waals surface area contributed by atoms with Gasteiger partial charge in [-0.05, 0) is 0 Å². The van der Waals surface area contributed by atoms with Gasteiger partial charge in [-0.3, -0.25) is 4.18 Å². The van der Waals surface area contributed by atoms with Crippen LogP contribution in [0.3, 0.4) is 0 Å². The highest BCUT2D eigenvalue weighted by Crippen LogP contribution is 2.30. The van der Waals surface area contributed by atoms with Gasteiger partial charge in [0.15, 0.2) is 18.1 Å². The summed E-state index contributed by atoms with van der Waals surface area (Å²) in [6.07, 6.45) is -5.54. The molecule has 2 fully saturated rings. The van der Waals surface area contributed by atoms with Crippen molar-refractivity contribution in [2.24, 2.45) is 0 Å². The Morgan fingerprint density at radius 3 is 2.59 bits per heavy atom. The molecule has 11 heteroatoms. The number of aliphatic hydroxyl groups is 2. The molecule has 152 valence electrons. The molecule has 4 N–H and O–H groups in total. The van der Waals surface area contributed by atoms with E-state index in [9.17, 15) is 23.2 Å². The predicted octanol–water partition coefficient (Wildman–Crippen LogP) is -1.61. The standard InChI is InChI=1S/C16H22O9S2/c17-11-7-26(8-12(18)15(11)19)9-14-13(25-27(20,21)22)6-23-16(24-14)10-4-2-1-3-5-10/h1-5,11-19H,6-9H2/p+1/t11-,12+,13-,14+,15+,16?,26?/m1/s1. The maximum atomic E-state index is 11.0. The summed E-state index contributed by atoms with van der Waals surface area (Å²) in [7, 11) is -5.44. The molecule has 2 heterocycles. The third-order valence-electron chi connectivity index (χ3n) is 4.47. The zero-order valence-corrected chi connectivity index (χ0v) is 16.0. The summed E-state index contributed by atoms with van der Waals surface area (Å²) in [6.45, 7) is -0.140. The van der Waals surface area contributed by atoms with Crippen LogP contribution in [0.1, 0.15) is 11.9 Å². The minimum Gasteiger partial charge on any atom is -0.726 e. The highest BCUT2D eigenvalue weighted by atomic mass is 32.3. The van der Waals surface area contributed by atoms with Gasteiger partial charge in [0.25, 0.3) is 0 Å². The highest BCUT2D eigenvalue weighted by Gasteiger charge is 2.47. The Balaban J connectivity index is 1.73. The van der Waals surface area contributed by atoms with Gasteiger partial charge in [0.2, 0.25) is 16.5 Å². The number of hydrogen-bond donors (Lipinski definition) is 2. The Morgan fingerprint density at radius 2 is 1.96 bits per heavy atom. The van der Waals surface area contributed by atoms with Crippen molar-refractivity contribution in [1.82, 2.24) is 0 Å². The van der Waals surface area contributed by atoms with Crippen LogP contribution in [-0.4, -0.2) is 82.7 Å².